The first-order valence-electron chi connectivity index (χ1n) is 6.74. The van der Waals surface area contributed by atoms with Gasteiger partial charge in [-0.15, -0.1) is 0 Å². The molecule has 0 bridgehead atoms. The van der Waals surface area contributed by atoms with E-state index in [4.69, 9.17) is 4.74 Å². The number of rotatable bonds is 2. The van der Waals surface area contributed by atoms with Gasteiger partial charge in [0.1, 0.15) is 0 Å². The second-order valence-corrected chi connectivity index (χ2v) is 6.04. The zero-order valence-corrected chi connectivity index (χ0v) is 11.9. The molecule has 1 aliphatic carbocycles. The first-order valence-corrected chi connectivity index (χ1v) is 6.74. The molecule has 1 atom stereocenters. The van der Waals surface area contributed by atoms with Crippen LogP contribution in [-0.4, -0.2) is 12.6 Å². The molecular weight excluding hydrogens is 212 g/mol. The van der Waals surface area contributed by atoms with Gasteiger partial charge < -0.3 is 4.74 Å². The minimum atomic E-state index is -0.126. The van der Waals surface area contributed by atoms with Gasteiger partial charge in [0.2, 0.25) is 0 Å². The lowest BCUT2D eigenvalue weighted by Gasteiger charge is -2.37. The molecule has 0 radical (unpaired) electrons. The smallest absolute Gasteiger partial charge is 0.333 e. The Morgan fingerprint density at radius 2 is 2.00 bits per heavy atom. The highest BCUT2D eigenvalue weighted by Gasteiger charge is 2.32. The minimum absolute atomic E-state index is 0.126. The van der Waals surface area contributed by atoms with Crippen molar-refractivity contribution >= 4 is 5.97 Å². The van der Waals surface area contributed by atoms with Crippen LogP contribution >= 0.6 is 0 Å². The highest BCUT2D eigenvalue weighted by atomic mass is 16.5. The van der Waals surface area contributed by atoms with Crippen molar-refractivity contribution < 1.29 is 9.53 Å². The van der Waals surface area contributed by atoms with Crippen LogP contribution in [-0.2, 0) is 9.53 Å². The van der Waals surface area contributed by atoms with Gasteiger partial charge in [0.25, 0.3) is 0 Å². The van der Waals surface area contributed by atoms with Crippen LogP contribution in [0.25, 0.3) is 0 Å². The Hall–Kier alpha value is -0.790. The average molecular weight is 238 g/mol. The van der Waals surface area contributed by atoms with E-state index in [1.165, 1.54) is 24.8 Å². The van der Waals surface area contributed by atoms with Crippen LogP contribution in [0, 0.1) is 11.3 Å². The van der Waals surface area contributed by atoms with Gasteiger partial charge in [-0.25, -0.2) is 4.79 Å². The summed E-state index contributed by atoms with van der Waals surface area (Å²) in [5, 5.41) is 0. The van der Waals surface area contributed by atoms with Crippen LogP contribution in [0.2, 0.25) is 0 Å². The zero-order valence-electron chi connectivity index (χ0n) is 11.9. The molecule has 1 unspecified atom stereocenters. The maximum atomic E-state index is 11.8. The van der Waals surface area contributed by atoms with Gasteiger partial charge >= 0.3 is 5.97 Å². The molecule has 1 saturated carbocycles. The quantitative estimate of drug-likeness (QED) is 0.534. The van der Waals surface area contributed by atoms with Crippen molar-refractivity contribution in [2.75, 3.05) is 6.61 Å². The summed E-state index contributed by atoms with van der Waals surface area (Å²) in [6, 6.07) is 0. The van der Waals surface area contributed by atoms with E-state index in [1.54, 1.807) is 0 Å². The number of esters is 1. The molecule has 0 N–H and O–H groups in total. The SMILES string of the molecule is CCOC(=O)C(C)=C1CCCCC1C(C)(C)C. The highest BCUT2D eigenvalue weighted by molar-refractivity contribution is 5.88. The molecule has 17 heavy (non-hydrogen) atoms. The first kappa shape index (κ1) is 14.3. The van der Waals surface area contributed by atoms with E-state index in [0.717, 1.165) is 12.0 Å². The number of hydrogen-bond acceptors (Lipinski definition) is 2. The van der Waals surface area contributed by atoms with Crippen LogP contribution in [0.15, 0.2) is 11.1 Å². The Bertz CT molecular complexity index is 307. The largest absolute Gasteiger partial charge is 0.463 e. The Morgan fingerprint density at radius 3 is 2.53 bits per heavy atom. The fourth-order valence-electron chi connectivity index (χ4n) is 2.79. The van der Waals surface area contributed by atoms with Gasteiger partial charge in [-0.3, -0.25) is 0 Å². The molecule has 0 aromatic carbocycles. The third-order valence-corrected chi connectivity index (χ3v) is 3.72. The number of carbonyl (C=O) groups excluding carboxylic acids is 1. The molecule has 2 nitrogen and oxygen atoms in total. The Kier molecular flexibility index (Phi) is 4.79. The van der Waals surface area contributed by atoms with Crippen LogP contribution < -0.4 is 0 Å². The van der Waals surface area contributed by atoms with Crippen LogP contribution in [0.1, 0.15) is 60.3 Å². The number of allylic oxidation sites excluding steroid dienone is 1. The molecular formula is C15H26O2. The van der Waals surface area contributed by atoms with Crippen molar-refractivity contribution in [1.29, 1.82) is 0 Å². The lowest BCUT2D eigenvalue weighted by Crippen LogP contribution is -2.27. The summed E-state index contributed by atoms with van der Waals surface area (Å²) in [5.74, 6) is 0.402. The molecule has 0 aliphatic heterocycles. The van der Waals surface area contributed by atoms with E-state index in [2.05, 4.69) is 20.8 Å². The first-order chi connectivity index (χ1) is 7.88. The van der Waals surface area contributed by atoms with E-state index in [-0.39, 0.29) is 11.4 Å². The lowest BCUT2D eigenvalue weighted by molar-refractivity contribution is -0.138. The van der Waals surface area contributed by atoms with Crippen molar-refractivity contribution in [3.05, 3.63) is 11.1 Å². The number of ether oxygens (including phenoxy) is 1. The summed E-state index contributed by atoms with van der Waals surface area (Å²) in [4.78, 5) is 11.8. The van der Waals surface area contributed by atoms with Crippen molar-refractivity contribution in [1.82, 2.24) is 0 Å². The fraction of sp³-hybridized carbons (Fsp3) is 0.800. The maximum Gasteiger partial charge on any atom is 0.333 e. The molecule has 0 saturated heterocycles. The maximum absolute atomic E-state index is 11.8. The number of hydrogen-bond donors (Lipinski definition) is 0. The number of carbonyl (C=O) groups is 1. The molecule has 0 aromatic rings. The molecule has 0 aromatic heterocycles. The monoisotopic (exact) mass is 238 g/mol. The fourth-order valence-corrected chi connectivity index (χ4v) is 2.79. The van der Waals surface area contributed by atoms with Gasteiger partial charge in [-0.05, 0) is 44.4 Å². The summed E-state index contributed by atoms with van der Waals surface area (Å²) in [6.45, 7) is 11.0. The summed E-state index contributed by atoms with van der Waals surface area (Å²) >= 11 is 0. The molecule has 1 aliphatic rings. The normalized spacial score (nSPS) is 24.4. The lowest BCUT2D eigenvalue weighted by atomic mass is 9.68. The second-order valence-electron chi connectivity index (χ2n) is 6.04. The zero-order chi connectivity index (χ0) is 13.1. The van der Waals surface area contributed by atoms with Gasteiger partial charge in [0, 0.05) is 5.57 Å². The van der Waals surface area contributed by atoms with Crippen molar-refractivity contribution in [2.45, 2.75) is 60.3 Å². The molecule has 1 fully saturated rings. The molecule has 0 amide bonds. The van der Waals surface area contributed by atoms with Crippen LogP contribution in [0.3, 0.4) is 0 Å². The predicted molar refractivity (Wildman–Crippen MR) is 70.7 cm³/mol. The Morgan fingerprint density at radius 1 is 1.35 bits per heavy atom. The van der Waals surface area contributed by atoms with Crippen molar-refractivity contribution in [3.8, 4) is 0 Å². The van der Waals surface area contributed by atoms with Crippen LogP contribution in [0.5, 0.6) is 0 Å². The molecule has 0 heterocycles. The Balaban J connectivity index is 2.97. The van der Waals surface area contributed by atoms with E-state index in [0.29, 0.717) is 12.5 Å². The van der Waals surface area contributed by atoms with Crippen molar-refractivity contribution in [3.63, 3.8) is 0 Å². The van der Waals surface area contributed by atoms with Gasteiger partial charge in [-0.2, -0.15) is 0 Å². The second kappa shape index (κ2) is 5.70. The molecule has 1 rings (SSSR count). The topological polar surface area (TPSA) is 26.3 Å². The molecule has 98 valence electrons. The Labute approximate surface area is 105 Å². The highest BCUT2D eigenvalue weighted by Crippen LogP contribution is 2.42. The summed E-state index contributed by atoms with van der Waals surface area (Å²) in [5.41, 5.74) is 2.43. The summed E-state index contributed by atoms with van der Waals surface area (Å²) < 4.78 is 5.12. The predicted octanol–water partition coefficient (Wildman–Crippen LogP) is 4.10. The van der Waals surface area contributed by atoms with Crippen molar-refractivity contribution in [2.24, 2.45) is 11.3 Å². The molecule has 2 heteroatoms. The van der Waals surface area contributed by atoms with Gasteiger partial charge in [-0.1, -0.05) is 32.8 Å². The summed E-state index contributed by atoms with van der Waals surface area (Å²) in [6.07, 6.45) is 4.75. The van der Waals surface area contributed by atoms with E-state index in [9.17, 15) is 4.79 Å². The van der Waals surface area contributed by atoms with E-state index < -0.39 is 0 Å². The average Bonchev–Trinajstić information content (AvgIpc) is 2.27. The third kappa shape index (κ3) is 3.58. The third-order valence-electron chi connectivity index (χ3n) is 3.72. The van der Waals surface area contributed by atoms with E-state index >= 15 is 0 Å². The summed E-state index contributed by atoms with van der Waals surface area (Å²) in [7, 11) is 0. The van der Waals surface area contributed by atoms with E-state index in [1.807, 2.05) is 13.8 Å². The molecule has 0 spiro atoms. The van der Waals surface area contributed by atoms with Gasteiger partial charge in [0.15, 0.2) is 0 Å². The minimum Gasteiger partial charge on any atom is -0.463 e. The standard InChI is InChI=1S/C15H26O2/c1-6-17-14(16)11(2)12-9-7-8-10-13(12)15(3,4)5/h13H,6-10H2,1-5H3. The van der Waals surface area contributed by atoms with Crippen LogP contribution in [0.4, 0.5) is 0 Å². The van der Waals surface area contributed by atoms with Gasteiger partial charge in [0.05, 0.1) is 6.61 Å².